The summed E-state index contributed by atoms with van der Waals surface area (Å²) in [5, 5.41) is 12.4. The number of fused-ring (bicyclic) bond motifs is 1. The Morgan fingerprint density at radius 3 is 2.52 bits per heavy atom. The number of nitrogens with one attached hydrogen (secondary N) is 1. The first-order valence-electron chi connectivity index (χ1n) is 11.4. The molecule has 176 valence electrons. The number of esters is 1. The second-order valence-corrected chi connectivity index (χ2v) is 8.26. The average molecular weight is 455 g/mol. The van der Waals surface area contributed by atoms with E-state index in [1.54, 1.807) is 6.92 Å². The average Bonchev–Trinajstić information content (AvgIpc) is 2.83. The van der Waals surface area contributed by atoms with Crippen LogP contribution in [-0.2, 0) is 22.5 Å². The van der Waals surface area contributed by atoms with Crippen LogP contribution < -0.4 is 14.8 Å². The quantitative estimate of drug-likeness (QED) is 0.618. The van der Waals surface area contributed by atoms with E-state index in [1.807, 2.05) is 36.4 Å². The van der Waals surface area contributed by atoms with Gasteiger partial charge in [0.05, 0.1) is 6.61 Å². The number of hydrogen-bond acceptors (Lipinski definition) is 6. The van der Waals surface area contributed by atoms with Gasteiger partial charge in [0, 0.05) is 38.0 Å². The molecule has 1 fully saturated rings. The highest BCUT2D eigenvalue weighted by atomic mass is 16.6. The minimum Gasteiger partial charge on any atom is -0.490 e. The summed E-state index contributed by atoms with van der Waals surface area (Å²) < 4.78 is 17.4. The van der Waals surface area contributed by atoms with Crippen molar-refractivity contribution in [3.63, 3.8) is 0 Å². The Labute approximate surface area is 193 Å². The van der Waals surface area contributed by atoms with Crippen LogP contribution >= 0.6 is 0 Å². The van der Waals surface area contributed by atoms with Gasteiger partial charge in [0.1, 0.15) is 17.6 Å². The molecule has 0 radical (unpaired) electrons. The van der Waals surface area contributed by atoms with Crippen LogP contribution in [-0.4, -0.2) is 54.4 Å². The van der Waals surface area contributed by atoms with E-state index in [0.717, 1.165) is 19.5 Å². The van der Waals surface area contributed by atoms with Gasteiger partial charge in [-0.25, -0.2) is 9.59 Å². The Kier molecular flexibility index (Phi) is 7.34. The molecule has 0 saturated carbocycles. The van der Waals surface area contributed by atoms with E-state index in [0.29, 0.717) is 43.0 Å². The number of rotatable bonds is 7. The van der Waals surface area contributed by atoms with Gasteiger partial charge in [-0.05, 0) is 55.3 Å². The zero-order chi connectivity index (χ0) is 23.2. The standard InChI is InChI=1S/C25H30N2O6/c1-2-31-24(28)23(33-22-8-3-17-9-12-26-16-19(17)15-22)18-4-6-20(7-5-18)32-21-10-13-27(14-11-21)25(29)30/h3-8,15,21,23,26H,2,9-14,16H2,1H3,(H,29,30). The number of amides is 1. The first-order valence-corrected chi connectivity index (χ1v) is 11.4. The summed E-state index contributed by atoms with van der Waals surface area (Å²) in [6, 6.07) is 13.2. The maximum Gasteiger partial charge on any atom is 0.407 e. The van der Waals surface area contributed by atoms with Gasteiger partial charge in [-0.1, -0.05) is 18.2 Å². The lowest BCUT2D eigenvalue weighted by atomic mass is 10.0. The summed E-state index contributed by atoms with van der Waals surface area (Å²) in [6.45, 7) is 4.72. The Hall–Kier alpha value is -3.26. The first kappa shape index (κ1) is 22.9. The van der Waals surface area contributed by atoms with E-state index in [1.165, 1.54) is 16.0 Å². The molecule has 2 aromatic rings. The predicted molar refractivity (Wildman–Crippen MR) is 122 cm³/mol. The lowest BCUT2D eigenvalue weighted by Gasteiger charge is -2.30. The summed E-state index contributed by atoms with van der Waals surface area (Å²) in [5.41, 5.74) is 3.15. The van der Waals surface area contributed by atoms with Crippen LogP contribution in [0.2, 0.25) is 0 Å². The van der Waals surface area contributed by atoms with Gasteiger partial charge < -0.3 is 29.5 Å². The lowest BCUT2D eigenvalue weighted by molar-refractivity contribution is -0.151. The van der Waals surface area contributed by atoms with Gasteiger partial charge in [-0.3, -0.25) is 0 Å². The molecular formula is C25H30N2O6. The van der Waals surface area contributed by atoms with Gasteiger partial charge in [0.2, 0.25) is 6.10 Å². The third kappa shape index (κ3) is 5.76. The van der Waals surface area contributed by atoms with Crippen LogP contribution in [0, 0.1) is 0 Å². The normalized spacial score (nSPS) is 17.1. The highest BCUT2D eigenvalue weighted by Gasteiger charge is 2.26. The number of nitrogens with zero attached hydrogens (tertiary/aromatic N) is 1. The van der Waals surface area contributed by atoms with Crippen molar-refractivity contribution < 1.29 is 28.9 Å². The number of carbonyl (C=O) groups excluding carboxylic acids is 1. The number of piperidine rings is 1. The third-order valence-corrected chi connectivity index (χ3v) is 6.02. The fraction of sp³-hybridized carbons (Fsp3) is 0.440. The van der Waals surface area contributed by atoms with Crippen molar-refractivity contribution in [3.8, 4) is 11.5 Å². The topological polar surface area (TPSA) is 97.3 Å². The molecule has 8 heteroatoms. The molecular weight excluding hydrogens is 424 g/mol. The smallest absolute Gasteiger partial charge is 0.407 e. The van der Waals surface area contributed by atoms with Crippen molar-refractivity contribution in [2.45, 2.75) is 44.9 Å². The van der Waals surface area contributed by atoms with Gasteiger partial charge >= 0.3 is 12.1 Å². The van der Waals surface area contributed by atoms with Crippen molar-refractivity contribution in [2.24, 2.45) is 0 Å². The van der Waals surface area contributed by atoms with Gasteiger partial charge in [0.25, 0.3) is 0 Å². The molecule has 33 heavy (non-hydrogen) atoms. The van der Waals surface area contributed by atoms with Crippen LogP contribution in [0.5, 0.6) is 11.5 Å². The SMILES string of the molecule is CCOC(=O)C(Oc1ccc2c(c1)CNCC2)c1ccc(OC2CCN(C(=O)O)CC2)cc1. The summed E-state index contributed by atoms with van der Waals surface area (Å²) >= 11 is 0. The molecule has 2 aliphatic rings. The zero-order valence-electron chi connectivity index (χ0n) is 18.8. The van der Waals surface area contributed by atoms with Crippen molar-refractivity contribution in [2.75, 3.05) is 26.2 Å². The fourth-order valence-electron chi connectivity index (χ4n) is 4.22. The number of ether oxygens (including phenoxy) is 3. The van der Waals surface area contributed by atoms with Crippen LogP contribution in [0.3, 0.4) is 0 Å². The Balaban J connectivity index is 1.44. The first-order chi connectivity index (χ1) is 16.0. The number of benzene rings is 2. The van der Waals surface area contributed by atoms with E-state index in [-0.39, 0.29) is 12.7 Å². The van der Waals surface area contributed by atoms with Gasteiger partial charge in [-0.2, -0.15) is 0 Å². The third-order valence-electron chi connectivity index (χ3n) is 6.02. The van der Waals surface area contributed by atoms with Crippen LogP contribution in [0.4, 0.5) is 4.79 Å². The molecule has 2 aliphatic heterocycles. The molecule has 1 saturated heterocycles. The van der Waals surface area contributed by atoms with E-state index in [2.05, 4.69) is 11.4 Å². The minimum atomic E-state index is -0.891. The Morgan fingerprint density at radius 1 is 1.09 bits per heavy atom. The van der Waals surface area contributed by atoms with Crippen molar-refractivity contribution in [1.82, 2.24) is 10.2 Å². The largest absolute Gasteiger partial charge is 0.490 e. The summed E-state index contributed by atoms with van der Waals surface area (Å²) in [4.78, 5) is 25.1. The van der Waals surface area contributed by atoms with Crippen LogP contribution in [0.1, 0.15) is 42.6 Å². The fourth-order valence-corrected chi connectivity index (χ4v) is 4.22. The van der Waals surface area contributed by atoms with E-state index in [4.69, 9.17) is 19.3 Å². The molecule has 2 N–H and O–H groups in total. The van der Waals surface area contributed by atoms with E-state index >= 15 is 0 Å². The molecule has 4 rings (SSSR count). The number of likely N-dealkylation sites (tertiary alicyclic amines) is 1. The molecule has 2 heterocycles. The molecule has 0 bridgehead atoms. The molecule has 2 aromatic carbocycles. The Bertz CT molecular complexity index is 969. The van der Waals surface area contributed by atoms with Gasteiger partial charge in [-0.15, -0.1) is 0 Å². The summed E-state index contributed by atoms with van der Waals surface area (Å²) in [6.07, 6.45) is 0.470. The van der Waals surface area contributed by atoms with Crippen LogP contribution in [0.15, 0.2) is 42.5 Å². The molecule has 1 atom stereocenters. The highest BCUT2D eigenvalue weighted by Crippen LogP contribution is 2.28. The second-order valence-electron chi connectivity index (χ2n) is 8.26. The Morgan fingerprint density at radius 2 is 1.82 bits per heavy atom. The van der Waals surface area contributed by atoms with E-state index in [9.17, 15) is 9.59 Å². The second kappa shape index (κ2) is 10.6. The monoisotopic (exact) mass is 454 g/mol. The molecule has 1 amide bonds. The van der Waals surface area contributed by atoms with Crippen LogP contribution in [0.25, 0.3) is 0 Å². The summed E-state index contributed by atoms with van der Waals surface area (Å²) in [5.74, 6) is 0.860. The molecule has 1 unspecified atom stereocenters. The van der Waals surface area contributed by atoms with Gasteiger partial charge in [0.15, 0.2) is 0 Å². The maximum atomic E-state index is 12.7. The number of hydrogen-bond donors (Lipinski definition) is 2. The maximum absolute atomic E-state index is 12.7. The van der Waals surface area contributed by atoms with Crippen molar-refractivity contribution >= 4 is 12.1 Å². The lowest BCUT2D eigenvalue weighted by Crippen LogP contribution is -2.41. The van der Waals surface area contributed by atoms with Crippen molar-refractivity contribution in [1.29, 1.82) is 0 Å². The minimum absolute atomic E-state index is 0.0346. The molecule has 0 aromatic heterocycles. The predicted octanol–water partition coefficient (Wildman–Crippen LogP) is 3.54. The number of carboxylic acid groups (broad SMARTS) is 1. The molecule has 0 aliphatic carbocycles. The summed E-state index contributed by atoms with van der Waals surface area (Å²) in [7, 11) is 0. The van der Waals surface area contributed by atoms with E-state index < -0.39 is 18.2 Å². The van der Waals surface area contributed by atoms with Crippen molar-refractivity contribution in [3.05, 3.63) is 59.2 Å². The number of carbonyl (C=O) groups is 2. The molecule has 0 spiro atoms. The highest BCUT2D eigenvalue weighted by molar-refractivity contribution is 5.77. The zero-order valence-corrected chi connectivity index (χ0v) is 18.8. The molecule has 8 nitrogen and oxygen atoms in total.